The summed E-state index contributed by atoms with van der Waals surface area (Å²) in [5.41, 5.74) is 4.55. The highest BCUT2D eigenvalue weighted by atomic mass is 16.6. The molecule has 5 nitrogen and oxygen atoms in total. The van der Waals surface area contributed by atoms with Crippen LogP contribution in [-0.4, -0.2) is 17.2 Å². The third-order valence-electron chi connectivity index (χ3n) is 6.27. The molecule has 0 spiro atoms. The summed E-state index contributed by atoms with van der Waals surface area (Å²) in [7, 11) is 0. The van der Waals surface area contributed by atoms with Crippen LogP contribution in [0.25, 0.3) is 0 Å². The Morgan fingerprint density at radius 2 is 1.44 bits per heavy atom. The fraction of sp³-hybridized carbons (Fsp3) is 0.519. The second-order valence-electron chi connectivity index (χ2n) is 8.82. The van der Waals surface area contributed by atoms with Gasteiger partial charge in [0.25, 0.3) is 5.69 Å². The molecule has 1 heterocycles. The van der Waals surface area contributed by atoms with E-state index in [1.807, 2.05) is 5.01 Å². The highest BCUT2D eigenvalue weighted by Gasteiger charge is 2.18. The molecule has 0 radical (unpaired) electrons. The molecular formula is C27H37N3O2. The third-order valence-corrected chi connectivity index (χ3v) is 6.27. The first-order valence-electron chi connectivity index (χ1n) is 12.4. The summed E-state index contributed by atoms with van der Waals surface area (Å²) in [6.45, 7) is 3.11. The lowest BCUT2D eigenvalue weighted by Gasteiger charge is -2.14. The van der Waals surface area contributed by atoms with Crippen LogP contribution >= 0.6 is 0 Å². The van der Waals surface area contributed by atoms with Crippen LogP contribution in [0.5, 0.6) is 0 Å². The first-order chi connectivity index (χ1) is 15.7. The minimum absolute atomic E-state index is 0.113. The van der Waals surface area contributed by atoms with Crippen molar-refractivity contribution in [2.45, 2.75) is 84.0 Å². The normalized spacial score (nSPS) is 13.4. The van der Waals surface area contributed by atoms with E-state index >= 15 is 0 Å². The van der Waals surface area contributed by atoms with Crippen molar-refractivity contribution in [1.82, 2.24) is 0 Å². The molecule has 1 aliphatic rings. The zero-order valence-electron chi connectivity index (χ0n) is 19.5. The molecule has 172 valence electrons. The van der Waals surface area contributed by atoms with Gasteiger partial charge in [0.2, 0.25) is 0 Å². The van der Waals surface area contributed by atoms with Crippen molar-refractivity contribution in [1.29, 1.82) is 0 Å². The second-order valence-corrected chi connectivity index (χ2v) is 8.82. The molecule has 0 unspecified atom stereocenters. The Hall–Kier alpha value is -2.69. The maximum atomic E-state index is 10.8. The highest BCUT2D eigenvalue weighted by Crippen LogP contribution is 2.24. The lowest BCUT2D eigenvalue weighted by Crippen LogP contribution is -2.11. The fourth-order valence-electron chi connectivity index (χ4n) is 4.27. The number of benzene rings is 2. The van der Waals surface area contributed by atoms with Crippen molar-refractivity contribution < 1.29 is 4.92 Å². The van der Waals surface area contributed by atoms with Gasteiger partial charge in [0.1, 0.15) is 0 Å². The number of aryl methyl sites for hydroxylation is 1. The SMILES string of the molecule is CCCCCCCCCCCCc1ccc(N2CCC(c3ccc([N+](=O)[O-])cc3)=N2)cc1. The van der Waals surface area contributed by atoms with E-state index in [9.17, 15) is 10.1 Å². The van der Waals surface area contributed by atoms with Crippen LogP contribution in [0, 0.1) is 10.1 Å². The van der Waals surface area contributed by atoms with Crippen LogP contribution in [0.2, 0.25) is 0 Å². The second kappa shape index (κ2) is 13.0. The van der Waals surface area contributed by atoms with Gasteiger partial charge in [-0.25, -0.2) is 0 Å². The maximum absolute atomic E-state index is 10.8. The van der Waals surface area contributed by atoms with Gasteiger partial charge in [-0.2, -0.15) is 5.10 Å². The Balaban J connectivity index is 1.38. The van der Waals surface area contributed by atoms with E-state index in [2.05, 4.69) is 31.2 Å². The number of non-ortho nitro benzene ring substituents is 1. The van der Waals surface area contributed by atoms with Gasteiger partial charge in [-0.05, 0) is 48.2 Å². The average molecular weight is 436 g/mol. The molecule has 0 amide bonds. The van der Waals surface area contributed by atoms with Crippen molar-refractivity contribution in [3.05, 3.63) is 69.8 Å². The quantitative estimate of drug-likeness (QED) is 0.174. The van der Waals surface area contributed by atoms with E-state index in [-0.39, 0.29) is 10.6 Å². The van der Waals surface area contributed by atoms with E-state index < -0.39 is 0 Å². The minimum atomic E-state index is -0.371. The Morgan fingerprint density at radius 1 is 0.844 bits per heavy atom. The largest absolute Gasteiger partial charge is 0.269 e. The zero-order valence-corrected chi connectivity index (χ0v) is 19.5. The monoisotopic (exact) mass is 435 g/mol. The number of rotatable bonds is 14. The summed E-state index contributed by atoms with van der Waals surface area (Å²) in [6.07, 6.45) is 15.7. The Morgan fingerprint density at radius 3 is 2.03 bits per heavy atom. The molecule has 0 bridgehead atoms. The van der Waals surface area contributed by atoms with Gasteiger partial charge < -0.3 is 0 Å². The highest BCUT2D eigenvalue weighted by molar-refractivity contribution is 6.02. The molecular weight excluding hydrogens is 398 g/mol. The number of hydrazone groups is 1. The molecule has 5 heteroatoms. The molecule has 32 heavy (non-hydrogen) atoms. The molecule has 2 aromatic carbocycles. The van der Waals surface area contributed by atoms with Gasteiger partial charge in [0.15, 0.2) is 0 Å². The van der Waals surface area contributed by atoms with Crippen molar-refractivity contribution in [2.24, 2.45) is 5.10 Å². The average Bonchev–Trinajstić information content (AvgIpc) is 3.31. The Kier molecular flexibility index (Phi) is 9.73. The van der Waals surface area contributed by atoms with Gasteiger partial charge in [-0.3, -0.25) is 15.1 Å². The van der Waals surface area contributed by atoms with Crippen LogP contribution < -0.4 is 5.01 Å². The van der Waals surface area contributed by atoms with Crippen LogP contribution in [0.3, 0.4) is 0 Å². The van der Waals surface area contributed by atoms with Crippen molar-refractivity contribution >= 4 is 17.1 Å². The molecule has 0 saturated carbocycles. The molecule has 0 N–H and O–H groups in total. The fourth-order valence-corrected chi connectivity index (χ4v) is 4.27. The number of nitrogens with zero attached hydrogens (tertiary/aromatic N) is 3. The van der Waals surface area contributed by atoms with E-state index in [4.69, 9.17) is 5.10 Å². The van der Waals surface area contributed by atoms with Crippen molar-refractivity contribution in [3.63, 3.8) is 0 Å². The summed E-state index contributed by atoms with van der Waals surface area (Å²) < 4.78 is 0. The van der Waals surface area contributed by atoms with E-state index in [1.54, 1.807) is 24.3 Å². The standard InChI is InChI=1S/C27H37N3O2/c1-2-3-4-5-6-7-8-9-10-11-12-23-13-17-25(18-14-23)29-22-21-27(28-29)24-15-19-26(20-16-24)30(31)32/h13-20H,2-12,21-22H2,1H3. The molecule has 0 saturated heterocycles. The molecule has 0 fully saturated rings. The van der Waals surface area contributed by atoms with Gasteiger partial charge in [0, 0.05) is 25.1 Å². The summed E-state index contributed by atoms with van der Waals surface area (Å²) >= 11 is 0. The summed E-state index contributed by atoms with van der Waals surface area (Å²) in [5.74, 6) is 0. The Labute approximate surface area is 192 Å². The van der Waals surface area contributed by atoms with Crippen LogP contribution in [0.1, 0.15) is 88.7 Å². The molecule has 0 atom stereocenters. The molecule has 1 aliphatic heterocycles. The minimum Gasteiger partial charge on any atom is -0.265 e. The predicted octanol–water partition coefficient (Wildman–Crippen LogP) is 7.67. The third kappa shape index (κ3) is 7.47. The van der Waals surface area contributed by atoms with E-state index in [1.165, 1.54) is 69.8 Å². The van der Waals surface area contributed by atoms with Crippen LogP contribution in [0.4, 0.5) is 11.4 Å². The summed E-state index contributed by atoms with van der Waals surface area (Å²) in [6, 6.07) is 15.4. The Bertz CT molecular complexity index is 859. The molecule has 0 aromatic heterocycles. The molecule has 3 rings (SSSR count). The van der Waals surface area contributed by atoms with Gasteiger partial charge in [0.05, 0.1) is 16.3 Å². The van der Waals surface area contributed by atoms with Crippen molar-refractivity contribution in [2.75, 3.05) is 11.6 Å². The number of anilines is 1. The summed E-state index contributed by atoms with van der Waals surface area (Å²) in [4.78, 5) is 10.5. The first-order valence-corrected chi connectivity index (χ1v) is 12.4. The summed E-state index contributed by atoms with van der Waals surface area (Å²) in [5, 5.41) is 17.6. The zero-order chi connectivity index (χ0) is 22.6. The number of nitro groups is 1. The number of hydrogen-bond acceptors (Lipinski definition) is 4. The predicted molar refractivity (Wildman–Crippen MR) is 134 cm³/mol. The first kappa shape index (κ1) is 24.0. The lowest BCUT2D eigenvalue weighted by atomic mass is 10.0. The molecule has 0 aliphatic carbocycles. The molecule has 2 aromatic rings. The van der Waals surface area contributed by atoms with E-state index in [0.717, 1.165) is 36.3 Å². The number of unbranched alkanes of at least 4 members (excludes halogenated alkanes) is 9. The van der Waals surface area contributed by atoms with Gasteiger partial charge in [-0.15, -0.1) is 0 Å². The topological polar surface area (TPSA) is 58.7 Å². The van der Waals surface area contributed by atoms with Crippen LogP contribution in [0.15, 0.2) is 53.6 Å². The number of hydrogen-bond donors (Lipinski definition) is 0. The smallest absolute Gasteiger partial charge is 0.265 e. The number of nitro benzene ring substituents is 1. The van der Waals surface area contributed by atoms with Crippen LogP contribution in [-0.2, 0) is 6.42 Å². The van der Waals surface area contributed by atoms with E-state index in [0.29, 0.717) is 0 Å². The maximum Gasteiger partial charge on any atom is 0.269 e. The van der Waals surface area contributed by atoms with Gasteiger partial charge in [-0.1, -0.05) is 76.8 Å². The van der Waals surface area contributed by atoms with Crippen molar-refractivity contribution in [3.8, 4) is 0 Å². The van der Waals surface area contributed by atoms with Gasteiger partial charge >= 0.3 is 0 Å². The lowest BCUT2D eigenvalue weighted by molar-refractivity contribution is -0.384.